The van der Waals surface area contributed by atoms with Gasteiger partial charge in [0.2, 0.25) is 0 Å². The molecule has 0 fully saturated rings. The van der Waals surface area contributed by atoms with Crippen LogP contribution in [0.15, 0.2) is 29.4 Å². The lowest BCUT2D eigenvalue weighted by Gasteiger charge is -2.18. The summed E-state index contributed by atoms with van der Waals surface area (Å²) >= 11 is 0. The molecule has 9 heteroatoms. The molecule has 1 aromatic carbocycles. The molecule has 1 aliphatic rings. The van der Waals surface area contributed by atoms with Crippen molar-refractivity contribution in [2.75, 3.05) is 0 Å². The van der Waals surface area contributed by atoms with Crippen LogP contribution in [0, 0.1) is 11.2 Å². The van der Waals surface area contributed by atoms with E-state index in [0.29, 0.717) is 0 Å². The lowest BCUT2D eigenvalue weighted by atomic mass is 10.1. The molecule has 0 atom stereocenters. The van der Waals surface area contributed by atoms with Gasteiger partial charge in [-0.25, -0.2) is 12.8 Å². The van der Waals surface area contributed by atoms with Crippen LogP contribution >= 0.6 is 0 Å². The molecule has 2 rings (SSSR count). The molecule has 22 heavy (non-hydrogen) atoms. The van der Waals surface area contributed by atoms with E-state index in [1.165, 1.54) is 13.8 Å². The molecule has 5 nitrogen and oxygen atoms in total. The summed E-state index contributed by atoms with van der Waals surface area (Å²) in [4.78, 5) is 4.79. The van der Waals surface area contributed by atoms with Crippen LogP contribution in [0.2, 0.25) is 0 Å². The third-order valence-corrected chi connectivity index (χ3v) is 4.76. The molecule has 0 spiro atoms. The highest BCUT2D eigenvalue weighted by Crippen LogP contribution is 2.34. The fourth-order valence-corrected chi connectivity index (χ4v) is 3.17. The predicted molar refractivity (Wildman–Crippen MR) is 74.3 cm³/mol. The summed E-state index contributed by atoms with van der Waals surface area (Å²) in [5.74, 6) is -0.682. The minimum absolute atomic E-state index is 0.318. The summed E-state index contributed by atoms with van der Waals surface area (Å²) in [6, 6.07) is 3.56. The molecule has 1 N–H and O–H groups in total. The number of benzene rings is 1. The molecule has 120 valence electrons. The van der Waals surface area contributed by atoms with Gasteiger partial charge in [0.1, 0.15) is 17.1 Å². The molecular weight excluding hydrogens is 321 g/mol. The fraction of sp³-hybridized carbons (Fsp3) is 0.385. The lowest BCUT2D eigenvalue weighted by Crippen LogP contribution is -2.42. The van der Waals surface area contributed by atoms with E-state index in [2.05, 4.69) is 5.16 Å². The Bertz CT molecular complexity index is 740. The predicted octanol–water partition coefficient (Wildman–Crippen LogP) is 2.71. The van der Waals surface area contributed by atoms with Gasteiger partial charge in [-0.1, -0.05) is 17.3 Å². The first-order valence-electron chi connectivity index (χ1n) is 6.20. The molecule has 0 radical (unpaired) electrons. The Hall–Kier alpha value is -1.90. The van der Waals surface area contributed by atoms with Crippen molar-refractivity contribution in [3.8, 4) is 0 Å². The molecule has 1 aromatic rings. The van der Waals surface area contributed by atoms with Crippen LogP contribution < -0.4 is 0 Å². The minimum Gasteiger partial charge on any atom is -0.389 e. The largest absolute Gasteiger partial charge is 0.392 e. The summed E-state index contributed by atoms with van der Waals surface area (Å²) in [5, 5.41) is 5.38. The number of nitrogens with zero attached hydrogens (tertiary/aromatic N) is 1. The molecule has 1 heterocycles. The van der Waals surface area contributed by atoms with Gasteiger partial charge in [0.25, 0.3) is 9.84 Å². The van der Waals surface area contributed by atoms with Crippen molar-refractivity contribution >= 4 is 20.6 Å². The molecule has 0 unspecified atom stereocenters. The molecule has 0 saturated heterocycles. The second-order valence-electron chi connectivity index (χ2n) is 5.41. The number of nitrogens with one attached hydrogen (secondary N) is 1. The number of sulfone groups is 1. The van der Waals surface area contributed by atoms with E-state index in [1.54, 1.807) is 0 Å². The Morgan fingerprint density at radius 3 is 2.32 bits per heavy atom. The summed E-state index contributed by atoms with van der Waals surface area (Å²) in [6.45, 7) is 3.00. The summed E-state index contributed by atoms with van der Waals surface area (Å²) in [5.41, 5.74) is -2.84. The smallest absolute Gasteiger partial charge is 0.389 e. The Balaban J connectivity index is 2.37. The zero-order chi connectivity index (χ0) is 16.8. The standard InChI is InChI=1S/C13H13F3N2O3S/c1-12(2)7-10(18-21-12)22(19,20)13(15,16)11(17)8-3-5-9(14)6-4-8/h3-6,17H,7H2,1-2H3. The average molecular weight is 334 g/mol. The van der Waals surface area contributed by atoms with Crippen molar-refractivity contribution in [2.24, 2.45) is 5.16 Å². The quantitative estimate of drug-likeness (QED) is 0.863. The van der Waals surface area contributed by atoms with E-state index in [9.17, 15) is 21.6 Å². The molecule has 1 aliphatic heterocycles. The van der Waals surface area contributed by atoms with E-state index >= 15 is 0 Å². The summed E-state index contributed by atoms with van der Waals surface area (Å²) in [6.07, 6.45) is -0.318. The van der Waals surface area contributed by atoms with Crippen LogP contribution in [0.1, 0.15) is 25.8 Å². The second kappa shape index (κ2) is 5.08. The third kappa shape index (κ3) is 2.72. The first-order chi connectivity index (χ1) is 9.97. The summed E-state index contributed by atoms with van der Waals surface area (Å²) in [7, 11) is -5.19. The van der Waals surface area contributed by atoms with E-state index < -0.39 is 42.8 Å². The number of alkyl halides is 2. The Morgan fingerprint density at radius 1 is 1.32 bits per heavy atom. The lowest BCUT2D eigenvalue weighted by molar-refractivity contribution is 0.0123. The van der Waals surface area contributed by atoms with Crippen molar-refractivity contribution in [1.82, 2.24) is 0 Å². The molecule has 0 bridgehead atoms. The van der Waals surface area contributed by atoms with Gasteiger partial charge >= 0.3 is 5.25 Å². The van der Waals surface area contributed by atoms with Crippen LogP contribution in [-0.4, -0.2) is 30.0 Å². The number of hydrogen-bond acceptors (Lipinski definition) is 5. The number of hydrogen-bond donors (Lipinski definition) is 1. The highest BCUT2D eigenvalue weighted by Gasteiger charge is 2.55. The molecule has 0 aliphatic carbocycles. The van der Waals surface area contributed by atoms with Crippen molar-refractivity contribution in [3.05, 3.63) is 35.6 Å². The Kier molecular flexibility index (Phi) is 3.80. The Labute approximate surface area is 125 Å². The van der Waals surface area contributed by atoms with Gasteiger partial charge in [-0.05, 0) is 26.0 Å². The van der Waals surface area contributed by atoms with E-state index in [-0.39, 0.29) is 6.42 Å². The highest BCUT2D eigenvalue weighted by atomic mass is 32.2. The molecule has 0 amide bonds. The monoisotopic (exact) mass is 334 g/mol. The number of halogens is 3. The summed E-state index contributed by atoms with van der Waals surface area (Å²) < 4.78 is 65.4. The molecular formula is C13H13F3N2O3S. The second-order valence-corrected chi connectivity index (χ2v) is 7.41. The topological polar surface area (TPSA) is 79.6 Å². The van der Waals surface area contributed by atoms with Gasteiger partial charge in [0.15, 0.2) is 5.04 Å². The van der Waals surface area contributed by atoms with Crippen molar-refractivity contribution in [2.45, 2.75) is 31.1 Å². The van der Waals surface area contributed by atoms with Gasteiger partial charge in [-0.2, -0.15) is 8.78 Å². The SMILES string of the molecule is CC1(C)CC(S(=O)(=O)C(F)(F)C(=N)c2ccc(F)cc2)=NO1. The van der Waals surface area contributed by atoms with Crippen molar-refractivity contribution in [3.63, 3.8) is 0 Å². The highest BCUT2D eigenvalue weighted by molar-refractivity contribution is 8.08. The van der Waals surface area contributed by atoms with Crippen LogP contribution in [0.25, 0.3) is 0 Å². The van der Waals surface area contributed by atoms with Gasteiger partial charge in [0.05, 0.1) is 0 Å². The maximum absolute atomic E-state index is 14.2. The average Bonchev–Trinajstić information content (AvgIpc) is 2.79. The maximum Gasteiger partial charge on any atom is 0.392 e. The zero-order valence-electron chi connectivity index (χ0n) is 11.7. The van der Waals surface area contributed by atoms with Crippen LogP contribution in [0.4, 0.5) is 13.2 Å². The van der Waals surface area contributed by atoms with E-state index in [4.69, 9.17) is 10.2 Å². The van der Waals surface area contributed by atoms with Crippen molar-refractivity contribution in [1.29, 1.82) is 5.41 Å². The normalized spacial score (nSPS) is 17.8. The molecule has 0 aromatic heterocycles. The van der Waals surface area contributed by atoms with Gasteiger partial charge in [-0.3, -0.25) is 5.41 Å². The maximum atomic E-state index is 14.2. The van der Waals surface area contributed by atoms with Gasteiger partial charge in [-0.15, -0.1) is 0 Å². The van der Waals surface area contributed by atoms with Gasteiger partial charge in [0, 0.05) is 12.0 Å². The van der Waals surface area contributed by atoms with E-state index in [1.807, 2.05) is 0 Å². The zero-order valence-corrected chi connectivity index (χ0v) is 12.5. The minimum atomic E-state index is -5.19. The third-order valence-electron chi connectivity index (χ3n) is 3.04. The van der Waals surface area contributed by atoms with Crippen LogP contribution in [0.3, 0.4) is 0 Å². The first-order valence-corrected chi connectivity index (χ1v) is 7.68. The van der Waals surface area contributed by atoms with Crippen molar-refractivity contribution < 1.29 is 26.4 Å². The fourth-order valence-electron chi connectivity index (χ4n) is 1.81. The first kappa shape index (κ1) is 16.5. The molecule has 0 saturated carbocycles. The number of oxime groups is 1. The van der Waals surface area contributed by atoms with E-state index in [0.717, 1.165) is 24.3 Å². The Morgan fingerprint density at radius 2 is 1.86 bits per heavy atom. The van der Waals surface area contributed by atoms with Gasteiger partial charge < -0.3 is 4.84 Å². The number of rotatable bonds is 3. The van der Waals surface area contributed by atoms with Crippen LogP contribution in [0.5, 0.6) is 0 Å². The van der Waals surface area contributed by atoms with Crippen LogP contribution in [-0.2, 0) is 14.7 Å².